The third kappa shape index (κ3) is 3.04. The minimum atomic E-state index is -1.49. The number of pyridine rings is 1. The van der Waals surface area contributed by atoms with Gasteiger partial charge in [0.05, 0.1) is 25.2 Å². The highest BCUT2D eigenvalue weighted by atomic mass is 19.1. The van der Waals surface area contributed by atoms with Crippen molar-refractivity contribution < 1.29 is 13.9 Å². The lowest BCUT2D eigenvalue weighted by molar-refractivity contribution is -0.129. The van der Waals surface area contributed by atoms with E-state index in [1.807, 2.05) is 12.1 Å². The smallest absolute Gasteiger partial charge is 0.266 e. The van der Waals surface area contributed by atoms with E-state index in [0.717, 1.165) is 11.1 Å². The van der Waals surface area contributed by atoms with Gasteiger partial charge in [0.25, 0.3) is 5.91 Å². The summed E-state index contributed by atoms with van der Waals surface area (Å²) in [5.74, 6) is 0.228. The monoisotopic (exact) mass is 406 g/mol. The van der Waals surface area contributed by atoms with Crippen molar-refractivity contribution in [1.29, 1.82) is 0 Å². The summed E-state index contributed by atoms with van der Waals surface area (Å²) in [6.07, 6.45) is 4.64. The molecule has 0 saturated heterocycles. The van der Waals surface area contributed by atoms with Gasteiger partial charge in [-0.15, -0.1) is 0 Å². The fourth-order valence-corrected chi connectivity index (χ4v) is 3.51. The fourth-order valence-electron chi connectivity index (χ4n) is 3.51. The molecule has 3 heterocycles. The van der Waals surface area contributed by atoms with Gasteiger partial charge in [-0.05, 0) is 53.1 Å². The molecule has 3 aromatic rings. The lowest BCUT2D eigenvalue weighted by Gasteiger charge is -2.27. The van der Waals surface area contributed by atoms with Gasteiger partial charge in [-0.3, -0.25) is 14.7 Å². The molecule has 0 aliphatic carbocycles. The van der Waals surface area contributed by atoms with E-state index in [-0.39, 0.29) is 17.6 Å². The number of carbonyl (C=O) groups is 1. The molecule has 0 saturated carbocycles. The van der Waals surface area contributed by atoms with Gasteiger partial charge in [-0.1, -0.05) is 0 Å². The van der Waals surface area contributed by atoms with E-state index in [1.54, 1.807) is 37.6 Å². The highest BCUT2D eigenvalue weighted by Gasteiger charge is 2.50. The second-order valence-corrected chi connectivity index (χ2v) is 6.80. The highest BCUT2D eigenvalue weighted by Crippen LogP contribution is 2.42. The van der Waals surface area contributed by atoms with Crippen LogP contribution in [0.15, 0.2) is 60.0 Å². The Morgan fingerprint density at radius 2 is 1.93 bits per heavy atom. The van der Waals surface area contributed by atoms with Crippen LogP contribution in [-0.4, -0.2) is 46.1 Å². The summed E-state index contributed by atoms with van der Waals surface area (Å²) in [6.45, 7) is -0.765. The maximum absolute atomic E-state index is 13.4. The predicted octanol–water partition coefficient (Wildman–Crippen LogP) is 2.05. The van der Waals surface area contributed by atoms with Gasteiger partial charge in [-0.2, -0.15) is 10.2 Å². The predicted molar refractivity (Wildman–Crippen MR) is 108 cm³/mol. The first-order valence-electron chi connectivity index (χ1n) is 9.11. The first kappa shape index (κ1) is 19.4. The molecule has 1 aliphatic rings. The van der Waals surface area contributed by atoms with Crippen LogP contribution in [0, 0.1) is 0 Å². The van der Waals surface area contributed by atoms with E-state index in [4.69, 9.17) is 10.5 Å². The fraction of sp³-hybridized carbons (Fsp3) is 0.190. The Morgan fingerprint density at radius 1 is 1.10 bits per heavy atom. The Hall–Kier alpha value is -3.88. The molecule has 1 amide bonds. The van der Waals surface area contributed by atoms with E-state index < -0.39 is 12.2 Å². The zero-order chi connectivity index (χ0) is 21.3. The molecule has 1 atom stereocenters. The molecule has 0 fully saturated rings. The molecule has 30 heavy (non-hydrogen) atoms. The number of ether oxygens (including phenoxy) is 1. The van der Waals surface area contributed by atoms with Crippen LogP contribution in [0.5, 0.6) is 5.75 Å². The third-order valence-electron chi connectivity index (χ3n) is 5.09. The summed E-state index contributed by atoms with van der Waals surface area (Å²) >= 11 is 0. The maximum Gasteiger partial charge on any atom is 0.266 e. The highest BCUT2D eigenvalue weighted by molar-refractivity contribution is 6.09. The van der Waals surface area contributed by atoms with Gasteiger partial charge < -0.3 is 10.5 Å². The van der Waals surface area contributed by atoms with E-state index >= 15 is 0 Å². The average Bonchev–Trinajstić information content (AvgIpc) is 3.04. The van der Waals surface area contributed by atoms with Crippen LogP contribution < -0.4 is 10.5 Å². The Kier molecular flexibility index (Phi) is 4.86. The summed E-state index contributed by atoms with van der Waals surface area (Å²) < 4.78 is 18.8. The number of amides is 1. The van der Waals surface area contributed by atoms with E-state index in [1.165, 1.54) is 24.3 Å². The van der Waals surface area contributed by atoms with Crippen molar-refractivity contribution in [2.24, 2.45) is 10.7 Å². The van der Waals surface area contributed by atoms with Crippen LogP contribution in [0.3, 0.4) is 0 Å². The first-order valence-corrected chi connectivity index (χ1v) is 9.11. The van der Waals surface area contributed by atoms with Crippen LogP contribution in [0.4, 0.5) is 4.39 Å². The zero-order valence-electron chi connectivity index (χ0n) is 16.4. The van der Waals surface area contributed by atoms with Gasteiger partial charge in [-0.25, -0.2) is 9.38 Å². The summed E-state index contributed by atoms with van der Waals surface area (Å²) in [5, 5.41) is 7.72. The quantitative estimate of drug-likeness (QED) is 0.695. The number of aromatic nitrogens is 3. The number of likely N-dealkylation sites (N-methyl/N-ethyl adjacent to an activating group) is 1. The largest absolute Gasteiger partial charge is 0.497 e. The van der Waals surface area contributed by atoms with Gasteiger partial charge in [0.1, 0.15) is 12.4 Å². The lowest BCUT2D eigenvalue weighted by Crippen LogP contribution is -2.41. The molecule has 1 aliphatic heterocycles. The van der Waals surface area contributed by atoms with Crippen molar-refractivity contribution in [3.05, 3.63) is 71.8 Å². The minimum absolute atomic E-state index is 0.0635. The molecular weight excluding hydrogens is 387 g/mol. The molecular formula is C21H19FN6O2. The topological polar surface area (TPSA) is 107 Å². The molecule has 152 valence electrons. The molecule has 4 rings (SSSR count). The number of halogens is 1. The number of benzene rings is 1. The van der Waals surface area contributed by atoms with Crippen molar-refractivity contribution in [3.8, 4) is 16.9 Å². The second-order valence-electron chi connectivity index (χ2n) is 6.80. The average molecular weight is 406 g/mol. The summed E-state index contributed by atoms with van der Waals surface area (Å²) in [7, 11) is 3.09. The number of hydrogen-bond donors (Lipinski definition) is 1. The number of hydrogen-bond acceptors (Lipinski definition) is 7. The minimum Gasteiger partial charge on any atom is -0.497 e. The SMILES string of the molecule is COc1cc(-c2ccnnc2)cc(C2(c3ccnc(CF)c3)N=C(N)N(C)C2=O)c1. The van der Waals surface area contributed by atoms with Crippen LogP contribution in [0.25, 0.3) is 11.1 Å². The maximum atomic E-state index is 13.4. The molecule has 2 N–H and O–H groups in total. The number of nitrogens with zero attached hydrogens (tertiary/aromatic N) is 5. The lowest BCUT2D eigenvalue weighted by atomic mass is 9.81. The number of guanidine groups is 1. The molecule has 0 bridgehead atoms. The molecule has 1 unspecified atom stereocenters. The van der Waals surface area contributed by atoms with Crippen LogP contribution in [0.1, 0.15) is 16.8 Å². The number of methoxy groups -OCH3 is 1. The number of rotatable bonds is 5. The summed E-state index contributed by atoms with van der Waals surface area (Å²) in [4.78, 5) is 23.3. The van der Waals surface area contributed by atoms with E-state index in [0.29, 0.717) is 16.9 Å². The number of aliphatic imine (C=N–C) groups is 1. The number of nitrogens with two attached hydrogens (primary N) is 1. The number of carbonyl (C=O) groups excluding carboxylic acids is 1. The summed E-state index contributed by atoms with van der Waals surface area (Å²) in [5.41, 5.74) is 7.28. The van der Waals surface area contributed by atoms with E-state index in [9.17, 15) is 9.18 Å². The molecule has 0 spiro atoms. The Labute approximate surface area is 172 Å². The summed E-state index contributed by atoms with van der Waals surface area (Å²) in [6, 6.07) is 10.3. The van der Waals surface area contributed by atoms with Crippen LogP contribution in [-0.2, 0) is 17.0 Å². The molecule has 1 aromatic carbocycles. The van der Waals surface area contributed by atoms with Crippen LogP contribution in [0.2, 0.25) is 0 Å². The van der Waals surface area contributed by atoms with Crippen molar-refractivity contribution in [2.75, 3.05) is 14.2 Å². The molecule has 0 radical (unpaired) electrons. The van der Waals surface area contributed by atoms with Gasteiger partial charge in [0.2, 0.25) is 0 Å². The Balaban J connectivity index is 2.00. The normalized spacial score (nSPS) is 18.4. The second kappa shape index (κ2) is 7.51. The van der Waals surface area contributed by atoms with Gasteiger partial charge in [0, 0.05) is 18.8 Å². The van der Waals surface area contributed by atoms with Gasteiger partial charge >= 0.3 is 0 Å². The first-order chi connectivity index (χ1) is 14.5. The Bertz CT molecular complexity index is 1140. The van der Waals surface area contributed by atoms with Gasteiger partial charge in [0.15, 0.2) is 11.5 Å². The molecule has 8 nitrogen and oxygen atoms in total. The van der Waals surface area contributed by atoms with Crippen molar-refractivity contribution in [3.63, 3.8) is 0 Å². The van der Waals surface area contributed by atoms with Crippen molar-refractivity contribution in [2.45, 2.75) is 12.2 Å². The molecule has 2 aromatic heterocycles. The van der Waals surface area contributed by atoms with Crippen LogP contribution >= 0.6 is 0 Å². The van der Waals surface area contributed by atoms with Crippen molar-refractivity contribution in [1.82, 2.24) is 20.1 Å². The standard InChI is InChI=1S/C21H19FN6O2/c1-28-19(29)21(27-20(28)23,15-4-5-24-17(9-15)11-22)16-7-14(8-18(10-16)30-2)13-3-6-25-26-12-13/h3-10,12H,11H2,1-2H3,(H2,23,27). The molecule has 9 heteroatoms. The van der Waals surface area contributed by atoms with E-state index in [2.05, 4.69) is 20.2 Å². The zero-order valence-corrected chi connectivity index (χ0v) is 16.4. The third-order valence-corrected chi connectivity index (χ3v) is 5.09. The van der Waals surface area contributed by atoms with Crippen molar-refractivity contribution >= 4 is 11.9 Å². The number of alkyl halides is 1. The Morgan fingerprint density at radius 3 is 2.57 bits per heavy atom.